The number of aromatic amines is 1. The zero-order valence-electron chi connectivity index (χ0n) is 11.9. The third-order valence-corrected chi connectivity index (χ3v) is 3.04. The van der Waals surface area contributed by atoms with Gasteiger partial charge in [-0.2, -0.15) is 0 Å². The van der Waals surface area contributed by atoms with Crippen LogP contribution in [-0.4, -0.2) is 15.9 Å². The van der Waals surface area contributed by atoms with Crippen LogP contribution in [-0.2, 0) is 4.79 Å². The van der Waals surface area contributed by atoms with Crippen LogP contribution in [0.5, 0.6) is 0 Å². The van der Waals surface area contributed by atoms with Crippen molar-refractivity contribution < 1.29 is 4.79 Å². The lowest BCUT2D eigenvalue weighted by atomic mass is 10.1. The van der Waals surface area contributed by atoms with E-state index in [1.807, 2.05) is 39.8 Å². The van der Waals surface area contributed by atoms with Crippen molar-refractivity contribution in [2.75, 3.05) is 0 Å². The highest BCUT2D eigenvalue weighted by atomic mass is 16.1. The minimum absolute atomic E-state index is 0.0686. The van der Waals surface area contributed by atoms with E-state index in [0.717, 1.165) is 16.9 Å². The highest BCUT2D eigenvalue weighted by molar-refractivity contribution is 5.78. The third-order valence-electron chi connectivity index (χ3n) is 3.04. The lowest BCUT2D eigenvalue weighted by Gasteiger charge is -2.12. The SMILES string of the molecule is Cc1ccc2nc(C(C)NC(=O)CC(C)C)[nH]c2c1. The van der Waals surface area contributed by atoms with Crippen LogP contribution in [0.1, 0.15) is 44.6 Å². The minimum Gasteiger partial charge on any atom is -0.346 e. The molecule has 1 heterocycles. The molecule has 0 aliphatic rings. The van der Waals surface area contributed by atoms with Crippen LogP contribution in [0.4, 0.5) is 0 Å². The molecule has 2 rings (SSSR count). The predicted octanol–water partition coefficient (Wildman–Crippen LogP) is 3.09. The molecule has 2 aromatic rings. The number of nitrogens with one attached hydrogen (secondary N) is 2. The van der Waals surface area contributed by atoms with Gasteiger partial charge in [0.1, 0.15) is 5.82 Å². The van der Waals surface area contributed by atoms with Crippen molar-refractivity contribution in [3.63, 3.8) is 0 Å². The number of H-pyrrole nitrogens is 1. The van der Waals surface area contributed by atoms with Crippen molar-refractivity contribution in [2.45, 2.75) is 40.2 Å². The number of hydrogen-bond acceptors (Lipinski definition) is 2. The van der Waals surface area contributed by atoms with Gasteiger partial charge in [0.15, 0.2) is 0 Å². The summed E-state index contributed by atoms with van der Waals surface area (Å²) in [6, 6.07) is 6.00. The van der Waals surface area contributed by atoms with E-state index in [9.17, 15) is 4.79 Å². The molecule has 0 saturated heterocycles. The van der Waals surface area contributed by atoms with Crippen LogP contribution in [0.15, 0.2) is 18.2 Å². The number of aromatic nitrogens is 2. The summed E-state index contributed by atoms with van der Waals surface area (Å²) in [5.41, 5.74) is 3.14. The Hall–Kier alpha value is -1.84. The smallest absolute Gasteiger partial charge is 0.220 e. The summed E-state index contributed by atoms with van der Waals surface area (Å²) >= 11 is 0. The topological polar surface area (TPSA) is 57.8 Å². The Bertz CT molecular complexity index is 586. The number of benzene rings is 1. The van der Waals surface area contributed by atoms with Crippen LogP contribution in [0.25, 0.3) is 11.0 Å². The summed E-state index contributed by atoms with van der Waals surface area (Å²) in [7, 11) is 0. The lowest BCUT2D eigenvalue weighted by molar-refractivity contribution is -0.122. The second-order valence-electron chi connectivity index (χ2n) is 5.53. The first-order chi connectivity index (χ1) is 8.95. The molecule has 0 aliphatic heterocycles. The van der Waals surface area contributed by atoms with E-state index in [-0.39, 0.29) is 11.9 Å². The first kappa shape index (κ1) is 13.6. The van der Waals surface area contributed by atoms with E-state index in [1.54, 1.807) is 0 Å². The van der Waals surface area contributed by atoms with Gasteiger partial charge in [0.2, 0.25) is 5.91 Å². The van der Waals surface area contributed by atoms with E-state index < -0.39 is 0 Å². The zero-order chi connectivity index (χ0) is 14.0. The Morgan fingerprint density at radius 3 is 2.79 bits per heavy atom. The molecule has 0 aliphatic carbocycles. The van der Waals surface area contributed by atoms with Gasteiger partial charge in [0.05, 0.1) is 17.1 Å². The number of rotatable bonds is 4. The van der Waals surface area contributed by atoms with Gasteiger partial charge < -0.3 is 10.3 Å². The van der Waals surface area contributed by atoms with Gasteiger partial charge in [-0.25, -0.2) is 4.98 Å². The summed E-state index contributed by atoms with van der Waals surface area (Å²) in [5, 5.41) is 2.97. The number of carbonyl (C=O) groups excluding carboxylic acids is 1. The largest absolute Gasteiger partial charge is 0.346 e. The molecule has 1 atom stereocenters. The van der Waals surface area contributed by atoms with E-state index in [1.165, 1.54) is 5.56 Å². The molecule has 0 bridgehead atoms. The predicted molar refractivity (Wildman–Crippen MR) is 76.8 cm³/mol. The Labute approximate surface area is 113 Å². The normalized spacial score (nSPS) is 12.9. The fourth-order valence-corrected chi connectivity index (χ4v) is 2.09. The highest BCUT2D eigenvalue weighted by Gasteiger charge is 2.14. The molecule has 4 heteroatoms. The second kappa shape index (κ2) is 5.43. The maximum Gasteiger partial charge on any atom is 0.220 e. The lowest BCUT2D eigenvalue weighted by Crippen LogP contribution is -2.28. The minimum atomic E-state index is -0.0982. The molecule has 1 aromatic heterocycles. The van der Waals surface area contributed by atoms with Crippen LogP contribution < -0.4 is 5.32 Å². The highest BCUT2D eigenvalue weighted by Crippen LogP contribution is 2.17. The van der Waals surface area contributed by atoms with Crippen molar-refractivity contribution in [3.8, 4) is 0 Å². The number of carbonyl (C=O) groups is 1. The monoisotopic (exact) mass is 259 g/mol. The molecule has 1 unspecified atom stereocenters. The molecule has 0 saturated carbocycles. The summed E-state index contributed by atoms with van der Waals surface area (Å²) in [5.74, 6) is 1.24. The number of nitrogens with zero attached hydrogens (tertiary/aromatic N) is 1. The summed E-state index contributed by atoms with van der Waals surface area (Å²) in [4.78, 5) is 19.5. The molecule has 4 nitrogen and oxygen atoms in total. The maximum atomic E-state index is 11.8. The molecule has 102 valence electrons. The zero-order valence-corrected chi connectivity index (χ0v) is 11.9. The van der Waals surface area contributed by atoms with Gasteiger partial charge in [0, 0.05) is 6.42 Å². The number of imidazole rings is 1. The average Bonchev–Trinajstić information content (AvgIpc) is 2.70. The first-order valence-electron chi connectivity index (χ1n) is 6.71. The van der Waals surface area contributed by atoms with E-state index in [0.29, 0.717) is 12.3 Å². The number of fused-ring (bicyclic) bond motifs is 1. The van der Waals surface area contributed by atoms with Crippen molar-refractivity contribution >= 4 is 16.9 Å². The van der Waals surface area contributed by atoms with Gasteiger partial charge in [-0.15, -0.1) is 0 Å². The van der Waals surface area contributed by atoms with Gasteiger partial charge in [-0.05, 0) is 37.5 Å². The molecule has 2 N–H and O–H groups in total. The Morgan fingerprint density at radius 1 is 1.37 bits per heavy atom. The van der Waals surface area contributed by atoms with Crippen molar-refractivity contribution in [1.29, 1.82) is 0 Å². The standard InChI is InChI=1S/C15H21N3O/c1-9(2)7-14(19)16-11(4)15-17-12-6-5-10(3)8-13(12)18-15/h5-6,8-9,11H,7H2,1-4H3,(H,16,19)(H,17,18). The number of amides is 1. The summed E-state index contributed by atoms with van der Waals surface area (Å²) < 4.78 is 0. The van der Waals surface area contributed by atoms with Gasteiger partial charge in [-0.1, -0.05) is 19.9 Å². The number of aryl methyl sites for hydroxylation is 1. The molecular weight excluding hydrogens is 238 g/mol. The summed E-state index contributed by atoms with van der Waals surface area (Å²) in [6.45, 7) is 8.07. The fraction of sp³-hybridized carbons (Fsp3) is 0.467. The van der Waals surface area contributed by atoms with Crippen molar-refractivity contribution in [1.82, 2.24) is 15.3 Å². The molecule has 0 radical (unpaired) electrons. The van der Waals surface area contributed by atoms with E-state index in [4.69, 9.17) is 0 Å². The quantitative estimate of drug-likeness (QED) is 0.886. The van der Waals surface area contributed by atoms with Gasteiger partial charge >= 0.3 is 0 Å². The molecule has 1 aromatic carbocycles. The fourth-order valence-electron chi connectivity index (χ4n) is 2.09. The average molecular weight is 259 g/mol. The van der Waals surface area contributed by atoms with Crippen LogP contribution >= 0.6 is 0 Å². The maximum absolute atomic E-state index is 11.8. The Kier molecular flexibility index (Phi) is 3.88. The molecule has 0 fully saturated rings. The Balaban J connectivity index is 2.13. The van der Waals surface area contributed by atoms with Crippen LogP contribution in [0.2, 0.25) is 0 Å². The van der Waals surface area contributed by atoms with Crippen molar-refractivity contribution in [2.24, 2.45) is 5.92 Å². The Morgan fingerprint density at radius 2 is 2.11 bits per heavy atom. The number of hydrogen-bond donors (Lipinski definition) is 2. The van der Waals surface area contributed by atoms with Crippen molar-refractivity contribution in [3.05, 3.63) is 29.6 Å². The van der Waals surface area contributed by atoms with Gasteiger partial charge in [0.25, 0.3) is 0 Å². The summed E-state index contributed by atoms with van der Waals surface area (Å²) in [6.07, 6.45) is 0.545. The van der Waals surface area contributed by atoms with E-state index in [2.05, 4.69) is 21.4 Å². The third kappa shape index (κ3) is 3.34. The van der Waals surface area contributed by atoms with E-state index >= 15 is 0 Å². The van der Waals surface area contributed by atoms with Crippen LogP contribution in [0, 0.1) is 12.8 Å². The first-order valence-corrected chi connectivity index (χ1v) is 6.71. The molecule has 19 heavy (non-hydrogen) atoms. The van der Waals surface area contributed by atoms with Gasteiger partial charge in [-0.3, -0.25) is 4.79 Å². The molecular formula is C15H21N3O. The van der Waals surface area contributed by atoms with Crippen LogP contribution in [0.3, 0.4) is 0 Å². The molecule has 0 spiro atoms. The molecule has 1 amide bonds. The second-order valence-corrected chi connectivity index (χ2v) is 5.53.